The number of benzene rings is 3. The Morgan fingerprint density at radius 1 is 0.939 bits per heavy atom. The smallest absolute Gasteiger partial charge is 0.242 e. The highest BCUT2D eigenvalue weighted by molar-refractivity contribution is 7.99. The fraction of sp³-hybridized carbons (Fsp3) is 0.259. The molecule has 0 aliphatic heterocycles. The zero-order valence-corrected chi connectivity index (χ0v) is 20.5. The number of nitrogens with one attached hydrogen (secondary N) is 1. The average Bonchev–Trinajstić information content (AvgIpc) is 2.83. The molecule has 0 aliphatic carbocycles. The van der Waals surface area contributed by atoms with E-state index in [-0.39, 0.29) is 17.6 Å². The molecular formula is C27H29ClN2O2S. The fourth-order valence-electron chi connectivity index (χ4n) is 3.64. The summed E-state index contributed by atoms with van der Waals surface area (Å²) in [6.45, 7) is 2.40. The van der Waals surface area contributed by atoms with E-state index in [1.165, 1.54) is 11.8 Å². The van der Waals surface area contributed by atoms with Crippen LogP contribution in [0, 0.1) is 6.92 Å². The molecule has 0 heterocycles. The van der Waals surface area contributed by atoms with Crippen LogP contribution < -0.4 is 5.32 Å². The van der Waals surface area contributed by atoms with E-state index in [9.17, 15) is 9.59 Å². The van der Waals surface area contributed by atoms with Crippen molar-refractivity contribution >= 4 is 35.2 Å². The van der Waals surface area contributed by atoms with Crippen LogP contribution in [0.3, 0.4) is 0 Å². The van der Waals surface area contributed by atoms with Crippen molar-refractivity contribution in [1.29, 1.82) is 0 Å². The maximum absolute atomic E-state index is 13.5. The van der Waals surface area contributed by atoms with E-state index in [1.807, 2.05) is 85.8 Å². The second kappa shape index (κ2) is 12.5. The van der Waals surface area contributed by atoms with Crippen LogP contribution in [0.2, 0.25) is 5.02 Å². The lowest BCUT2D eigenvalue weighted by atomic mass is 10.0. The molecule has 0 saturated carbocycles. The SMILES string of the molecule is CNC(=O)[C@@H](Cc1ccccc1)N(Cc1ccccc1C)C(=O)CSCc1ccccc1Cl. The summed E-state index contributed by atoms with van der Waals surface area (Å²) in [6.07, 6.45) is 0.452. The molecule has 0 aliphatic rings. The summed E-state index contributed by atoms with van der Waals surface area (Å²) in [5.74, 6) is 0.656. The van der Waals surface area contributed by atoms with Gasteiger partial charge in [0.1, 0.15) is 6.04 Å². The predicted molar refractivity (Wildman–Crippen MR) is 137 cm³/mol. The van der Waals surface area contributed by atoms with E-state index in [2.05, 4.69) is 5.32 Å². The monoisotopic (exact) mass is 480 g/mol. The van der Waals surface area contributed by atoms with E-state index in [1.54, 1.807) is 11.9 Å². The summed E-state index contributed by atoms with van der Waals surface area (Å²) in [6, 6.07) is 24.8. The number of nitrogens with zero attached hydrogens (tertiary/aromatic N) is 1. The first-order valence-corrected chi connectivity index (χ1v) is 12.4. The van der Waals surface area contributed by atoms with Gasteiger partial charge in [-0.2, -0.15) is 0 Å². The van der Waals surface area contributed by atoms with Gasteiger partial charge >= 0.3 is 0 Å². The summed E-state index contributed by atoms with van der Waals surface area (Å²) < 4.78 is 0. The lowest BCUT2D eigenvalue weighted by Crippen LogP contribution is -2.50. The van der Waals surface area contributed by atoms with Crippen molar-refractivity contribution < 1.29 is 9.59 Å². The minimum atomic E-state index is -0.606. The van der Waals surface area contributed by atoms with Gasteiger partial charge in [0, 0.05) is 30.8 Å². The van der Waals surface area contributed by atoms with Gasteiger partial charge in [0.25, 0.3) is 0 Å². The Morgan fingerprint density at radius 2 is 1.58 bits per heavy atom. The molecule has 33 heavy (non-hydrogen) atoms. The number of rotatable bonds is 10. The second-order valence-electron chi connectivity index (χ2n) is 7.85. The topological polar surface area (TPSA) is 49.4 Å². The van der Waals surface area contributed by atoms with Crippen LogP contribution in [0.5, 0.6) is 0 Å². The molecular weight excluding hydrogens is 452 g/mol. The van der Waals surface area contributed by atoms with Crippen LogP contribution in [0.25, 0.3) is 0 Å². The average molecular weight is 481 g/mol. The first kappa shape index (κ1) is 24.9. The third-order valence-corrected chi connectivity index (χ3v) is 6.90. The number of hydrogen-bond acceptors (Lipinski definition) is 3. The van der Waals surface area contributed by atoms with Gasteiger partial charge in [0.2, 0.25) is 11.8 Å². The van der Waals surface area contributed by atoms with Crippen LogP contribution in [0.4, 0.5) is 0 Å². The molecule has 2 amide bonds. The molecule has 172 valence electrons. The summed E-state index contributed by atoms with van der Waals surface area (Å²) in [7, 11) is 1.61. The van der Waals surface area contributed by atoms with Crippen molar-refractivity contribution in [2.45, 2.75) is 31.7 Å². The third kappa shape index (κ3) is 7.11. The van der Waals surface area contributed by atoms with Gasteiger partial charge < -0.3 is 10.2 Å². The Morgan fingerprint density at radius 3 is 2.24 bits per heavy atom. The van der Waals surface area contributed by atoms with E-state index in [0.717, 1.165) is 22.3 Å². The van der Waals surface area contributed by atoms with Crippen molar-refractivity contribution in [3.8, 4) is 0 Å². The molecule has 1 atom stereocenters. The maximum atomic E-state index is 13.5. The molecule has 3 aromatic rings. The normalized spacial score (nSPS) is 11.6. The van der Waals surface area contributed by atoms with E-state index >= 15 is 0 Å². The minimum absolute atomic E-state index is 0.0696. The maximum Gasteiger partial charge on any atom is 0.242 e. The summed E-state index contributed by atoms with van der Waals surface area (Å²) in [5, 5.41) is 3.45. The highest BCUT2D eigenvalue weighted by Crippen LogP contribution is 2.23. The Hall–Kier alpha value is -2.76. The number of aryl methyl sites for hydroxylation is 1. The van der Waals surface area contributed by atoms with Gasteiger partial charge in [-0.05, 0) is 35.2 Å². The highest BCUT2D eigenvalue weighted by Gasteiger charge is 2.30. The minimum Gasteiger partial charge on any atom is -0.357 e. The molecule has 0 unspecified atom stereocenters. The van der Waals surface area contributed by atoms with Gasteiger partial charge in [-0.3, -0.25) is 9.59 Å². The van der Waals surface area contributed by atoms with Crippen molar-refractivity contribution in [3.05, 3.63) is 106 Å². The lowest BCUT2D eigenvalue weighted by molar-refractivity contribution is -0.139. The Balaban J connectivity index is 1.83. The number of likely N-dealkylation sites (N-methyl/N-ethyl adjacent to an activating group) is 1. The molecule has 3 rings (SSSR count). The Bertz CT molecular complexity index is 1070. The molecule has 0 bridgehead atoms. The van der Waals surface area contributed by atoms with Crippen molar-refractivity contribution in [2.75, 3.05) is 12.8 Å². The van der Waals surface area contributed by atoms with Crippen molar-refractivity contribution in [3.63, 3.8) is 0 Å². The van der Waals surface area contributed by atoms with Gasteiger partial charge in [-0.1, -0.05) is 84.4 Å². The number of carbonyl (C=O) groups is 2. The number of thioether (sulfide) groups is 1. The van der Waals surface area contributed by atoms with E-state index in [0.29, 0.717) is 23.7 Å². The largest absolute Gasteiger partial charge is 0.357 e. The van der Waals surface area contributed by atoms with Gasteiger partial charge in [-0.25, -0.2) is 0 Å². The molecule has 6 heteroatoms. The Kier molecular flexibility index (Phi) is 9.40. The molecule has 1 N–H and O–H groups in total. The van der Waals surface area contributed by atoms with Crippen LogP contribution in [-0.4, -0.2) is 35.6 Å². The zero-order valence-electron chi connectivity index (χ0n) is 19.0. The van der Waals surface area contributed by atoms with Crippen LogP contribution in [0.15, 0.2) is 78.9 Å². The molecule has 0 aromatic heterocycles. The molecule has 0 spiro atoms. The zero-order chi connectivity index (χ0) is 23.6. The molecule has 3 aromatic carbocycles. The van der Waals surface area contributed by atoms with Crippen molar-refractivity contribution in [2.24, 2.45) is 0 Å². The standard InChI is InChI=1S/C27H29ClN2O2S/c1-20-10-6-7-13-22(20)17-30(25(27(32)29-2)16-21-11-4-3-5-12-21)26(31)19-33-18-23-14-8-9-15-24(23)28/h3-15,25H,16-19H2,1-2H3,(H,29,32)/t25-/m1/s1. The lowest BCUT2D eigenvalue weighted by Gasteiger charge is -2.31. The third-order valence-electron chi connectivity index (χ3n) is 5.56. The second-order valence-corrected chi connectivity index (χ2v) is 9.24. The highest BCUT2D eigenvalue weighted by atomic mass is 35.5. The predicted octanol–water partition coefficient (Wildman–Crippen LogP) is 5.27. The number of hydrogen-bond donors (Lipinski definition) is 1. The number of halogens is 1. The van der Waals surface area contributed by atoms with Crippen LogP contribution in [0.1, 0.15) is 22.3 Å². The first-order valence-electron chi connectivity index (χ1n) is 10.9. The summed E-state index contributed by atoms with van der Waals surface area (Å²) in [4.78, 5) is 28.1. The number of amides is 2. The van der Waals surface area contributed by atoms with Gasteiger partial charge in [0.15, 0.2) is 0 Å². The summed E-state index contributed by atoms with van der Waals surface area (Å²) >= 11 is 7.77. The Labute approximate surface area is 205 Å². The fourth-order valence-corrected chi connectivity index (χ4v) is 4.83. The van der Waals surface area contributed by atoms with Crippen LogP contribution >= 0.6 is 23.4 Å². The van der Waals surface area contributed by atoms with Gasteiger partial charge in [0.05, 0.1) is 5.75 Å². The molecule has 0 fully saturated rings. The quantitative estimate of drug-likeness (QED) is 0.430. The summed E-state index contributed by atoms with van der Waals surface area (Å²) in [5.41, 5.74) is 4.13. The van der Waals surface area contributed by atoms with Gasteiger partial charge in [-0.15, -0.1) is 11.8 Å². The molecule has 0 saturated heterocycles. The van der Waals surface area contributed by atoms with Crippen LogP contribution in [-0.2, 0) is 28.3 Å². The number of carbonyl (C=O) groups excluding carboxylic acids is 2. The first-order chi connectivity index (χ1) is 16.0. The molecule has 4 nitrogen and oxygen atoms in total. The van der Waals surface area contributed by atoms with Crippen molar-refractivity contribution in [1.82, 2.24) is 10.2 Å². The molecule has 0 radical (unpaired) electrons. The van der Waals surface area contributed by atoms with E-state index in [4.69, 9.17) is 11.6 Å². The van der Waals surface area contributed by atoms with E-state index < -0.39 is 6.04 Å².